The lowest BCUT2D eigenvalue weighted by atomic mass is 9.82. The van der Waals surface area contributed by atoms with Crippen LogP contribution in [0.1, 0.15) is 94.6 Å². The Morgan fingerprint density at radius 2 is 1.72 bits per heavy atom. The molecule has 6 aromatic rings. The third-order valence-corrected chi connectivity index (χ3v) is 15.1. The van der Waals surface area contributed by atoms with Gasteiger partial charge in [-0.3, -0.25) is 18.7 Å². The molecule has 4 fully saturated rings. The number of halogens is 1. The molecule has 1 saturated carbocycles. The first-order valence-electron chi connectivity index (χ1n) is 25.4. The lowest BCUT2D eigenvalue weighted by Gasteiger charge is -2.40. The number of nitrogens with two attached hydrogens (primary N) is 1. The molecule has 4 atom stereocenters. The van der Waals surface area contributed by atoms with Gasteiger partial charge in [0.05, 0.1) is 41.8 Å². The number of β-amino-alcohol motifs (C(OH)–C–C–N with tert-alkyl or cyclic N) is 1. The van der Waals surface area contributed by atoms with Crippen LogP contribution in [0.25, 0.3) is 28.3 Å². The van der Waals surface area contributed by atoms with E-state index in [1.54, 1.807) is 35.7 Å². The van der Waals surface area contributed by atoms with Crippen LogP contribution in [0, 0.1) is 35.4 Å². The molecule has 0 radical (unpaired) electrons. The number of ether oxygens (including phenoxy) is 1. The number of imidazole rings is 1. The quantitative estimate of drug-likeness (QED) is 0.0937. The van der Waals surface area contributed by atoms with Crippen molar-refractivity contribution in [2.24, 2.45) is 24.8 Å². The van der Waals surface area contributed by atoms with Gasteiger partial charge in [0.25, 0.3) is 0 Å². The molecule has 1 aliphatic carbocycles. The molecule has 4 aromatic heterocycles. The average molecular weight is 982 g/mol. The number of phenolic OH excluding ortho intramolecular Hbond substituents is 1. The van der Waals surface area contributed by atoms with Gasteiger partial charge in [-0.1, -0.05) is 67.2 Å². The molecule has 3 aliphatic heterocycles. The van der Waals surface area contributed by atoms with E-state index in [-0.39, 0.29) is 54.6 Å². The summed E-state index contributed by atoms with van der Waals surface area (Å²) in [4.78, 5) is 43.4. The highest BCUT2D eigenvalue weighted by atomic mass is 19.1. The summed E-state index contributed by atoms with van der Waals surface area (Å²) in [5.74, 6) is 7.66. The summed E-state index contributed by atoms with van der Waals surface area (Å²) in [6.07, 6.45) is 10.5. The number of nitrogen functional groups attached to an aromatic ring is 1. The molecular formula is C54H64FN11O6. The summed E-state index contributed by atoms with van der Waals surface area (Å²) in [7, 11) is 1.68. The lowest BCUT2D eigenvalue weighted by Crippen LogP contribution is -2.48. The van der Waals surface area contributed by atoms with Crippen LogP contribution in [0.2, 0.25) is 0 Å². The Labute approximate surface area is 418 Å². The molecule has 0 spiro atoms. The smallest absolute Gasteiger partial charge is 0.243 e. The Bertz CT molecular complexity index is 2940. The van der Waals surface area contributed by atoms with E-state index in [1.807, 2.05) is 63.5 Å². The van der Waals surface area contributed by atoms with Crippen LogP contribution >= 0.6 is 0 Å². The topological polar surface area (TPSA) is 206 Å². The Morgan fingerprint density at radius 3 is 2.43 bits per heavy atom. The Balaban J connectivity index is 0.658. The minimum atomic E-state index is -0.856. The predicted molar refractivity (Wildman–Crippen MR) is 269 cm³/mol. The van der Waals surface area contributed by atoms with Crippen LogP contribution in [0.3, 0.4) is 0 Å². The fraction of sp³-hybridized carbons (Fsp3) is 0.481. The van der Waals surface area contributed by atoms with Crippen molar-refractivity contribution in [3.05, 3.63) is 95.9 Å². The maximum absolute atomic E-state index is 14.3. The molecule has 72 heavy (non-hydrogen) atoms. The number of nitrogens with one attached hydrogen (secondary N) is 1. The first-order chi connectivity index (χ1) is 34.7. The van der Waals surface area contributed by atoms with Crippen molar-refractivity contribution in [3.8, 4) is 40.1 Å². The third-order valence-electron chi connectivity index (χ3n) is 15.1. The van der Waals surface area contributed by atoms with E-state index >= 15 is 0 Å². The first-order valence-corrected chi connectivity index (χ1v) is 25.4. The average Bonchev–Trinajstić information content (AvgIpc) is 4.17. The van der Waals surface area contributed by atoms with Crippen molar-refractivity contribution in [2.45, 2.75) is 102 Å². The summed E-state index contributed by atoms with van der Waals surface area (Å²) in [6, 6.07) is 14.9. The van der Waals surface area contributed by atoms with Crippen molar-refractivity contribution in [1.82, 2.24) is 44.4 Å². The number of amides is 2. The van der Waals surface area contributed by atoms with Crippen molar-refractivity contribution in [2.75, 3.05) is 49.9 Å². The normalized spacial score (nSPS) is 21.9. The molecule has 2 amide bonds. The molecule has 10 rings (SSSR count). The van der Waals surface area contributed by atoms with E-state index in [0.717, 1.165) is 76.8 Å². The summed E-state index contributed by atoms with van der Waals surface area (Å²) >= 11 is 0. The third kappa shape index (κ3) is 10.4. The number of fused-ring (bicyclic) bond motifs is 1. The van der Waals surface area contributed by atoms with Gasteiger partial charge in [0.15, 0.2) is 17.4 Å². The number of carbonyl (C=O) groups is 2. The van der Waals surface area contributed by atoms with E-state index in [2.05, 4.69) is 47.2 Å². The zero-order valence-corrected chi connectivity index (χ0v) is 41.3. The lowest BCUT2D eigenvalue weighted by molar-refractivity contribution is -0.141. The molecule has 17 nitrogen and oxygen atoms in total. The van der Waals surface area contributed by atoms with Gasteiger partial charge in [-0.05, 0) is 75.0 Å². The Morgan fingerprint density at radius 1 is 0.972 bits per heavy atom. The van der Waals surface area contributed by atoms with Gasteiger partial charge in [0, 0.05) is 88.2 Å². The molecule has 0 bridgehead atoms. The minimum Gasteiger partial charge on any atom is -0.507 e. The fourth-order valence-electron chi connectivity index (χ4n) is 10.9. The van der Waals surface area contributed by atoms with Gasteiger partial charge in [-0.25, -0.2) is 9.37 Å². The molecule has 3 saturated heterocycles. The number of piperidine rings is 2. The predicted octanol–water partition coefficient (Wildman–Crippen LogP) is 6.32. The van der Waals surface area contributed by atoms with Gasteiger partial charge in [-0.15, -0.1) is 0 Å². The number of rotatable bonds is 13. The number of benzene rings is 2. The van der Waals surface area contributed by atoms with Crippen molar-refractivity contribution in [1.29, 1.82) is 0 Å². The highest BCUT2D eigenvalue weighted by molar-refractivity contribution is 5.91. The number of nitrogens with zero attached hydrogens (tertiary/aromatic N) is 9. The summed E-state index contributed by atoms with van der Waals surface area (Å²) < 4.78 is 30.1. The number of hydrogen-bond donors (Lipinski definition) is 4. The van der Waals surface area contributed by atoms with Gasteiger partial charge in [-0.2, -0.15) is 10.1 Å². The highest BCUT2D eigenvalue weighted by Crippen LogP contribution is 2.36. The van der Waals surface area contributed by atoms with Crippen molar-refractivity contribution < 1.29 is 33.5 Å². The number of likely N-dealkylation sites (tertiary alicyclic amines) is 2. The summed E-state index contributed by atoms with van der Waals surface area (Å²) in [5, 5.41) is 32.5. The van der Waals surface area contributed by atoms with Gasteiger partial charge in [0.1, 0.15) is 29.2 Å². The van der Waals surface area contributed by atoms with Crippen LogP contribution in [-0.2, 0) is 21.4 Å². The molecule has 18 heteroatoms. The Kier molecular flexibility index (Phi) is 14.1. The number of aryl methyl sites for hydroxylation is 1. The second kappa shape index (κ2) is 20.7. The highest BCUT2D eigenvalue weighted by Gasteiger charge is 2.44. The van der Waals surface area contributed by atoms with Crippen molar-refractivity contribution in [3.63, 3.8) is 0 Å². The zero-order valence-electron chi connectivity index (χ0n) is 41.3. The van der Waals surface area contributed by atoms with Crippen LogP contribution < -0.4 is 16.0 Å². The number of aromatic nitrogens is 6. The van der Waals surface area contributed by atoms with Crippen LogP contribution in [0.5, 0.6) is 5.75 Å². The number of aliphatic hydroxyl groups is 1. The Hall–Kier alpha value is -6.81. The molecule has 378 valence electrons. The largest absolute Gasteiger partial charge is 0.507 e. The van der Waals surface area contributed by atoms with E-state index in [1.165, 1.54) is 15.8 Å². The minimum absolute atomic E-state index is 0.0452. The molecule has 7 heterocycles. The standard InChI is InChI=1S/C54H64FN11O6/c1-32(2)49(53(70)66-30-39(67)25-45(66)52(69)58-33(3)36-11-13-37(14-12-36)50-43(55)27-57-62(50)4)47-26-48(61-72-47)64-21-15-34(16-22-64)28-63-19-17-40(18-20-63)71-41-23-35(24-41)9-10-38-29-65-31-44(59-54(65)60-51(38)56)42-7-5-6-8-46(42)68/h5-8,11-14,26-27,29,31-35,39-41,45,49,67-68H,15-25,28,30H2,1-4H3,(H,58,69)(H2,56,59,60)/t33-,35-,39+,41-,45-,49+/m0/s1. The second-order valence-electron chi connectivity index (χ2n) is 20.5. The van der Waals surface area contributed by atoms with Gasteiger partial charge < -0.3 is 45.2 Å². The molecule has 5 N–H and O–H groups in total. The number of carbonyl (C=O) groups excluding carboxylic acids is 2. The van der Waals surface area contributed by atoms with E-state index < -0.39 is 29.9 Å². The van der Waals surface area contributed by atoms with Crippen LogP contribution in [0.15, 0.2) is 77.7 Å². The van der Waals surface area contributed by atoms with E-state index in [4.69, 9.17) is 15.0 Å². The maximum Gasteiger partial charge on any atom is 0.243 e. The number of aromatic hydroxyl groups is 1. The van der Waals surface area contributed by atoms with Crippen LogP contribution in [-0.4, -0.2) is 125 Å². The number of hydrogen-bond acceptors (Lipinski definition) is 13. The maximum atomic E-state index is 14.3. The van der Waals surface area contributed by atoms with Gasteiger partial charge >= 0.3 is 0 Å². The number of aliphatic hydroxyl groups excluding tert-OH is 1. The second-order valence-corrected chi connectivity index (χ2v) is 20.5. The molecular weight excluding hydrogens is 918 g/mol. The SMILES string of the molecule is CC(C)[C@@H](C(=O)N1C[C@H](O)C[C@H]1C(=O)N[C@@H](C)c1ccc(-c2c(F)cnn2C)cc1)c1cc(N2CCC(CN3CCC(O[C@H]4C[C@H](C#Cc5cn6cc(-c7ccccc7O)nc6nc5N)C4)CC3)CC2)no1. The molecule has 0 unspecified atom stereocenters. The molecule has 2 aromatic carbocycles. The van der Waals surface area contributed by atoms with E-state index in [9.17, 15) is 24.2 Å². The number of phenols is 1. The number of para-hydroxylation sites is 1. The monoisotopic (exact) mass is 982 g/mol. The van der Waals surface area contributed by atoms with E-state index in [0.29, 0.717) is 57.2 Å². The fourth-order valence-corrected chi connectivity index (χ4v) is 10.9. The summed E-state index contributed by atoms with van der Waals surface area (Å²) in [6.45, 7) is 10.6. The summed E-state index contributed by atoms with van der Waals surface area (Å²) in [5.41, 5.74) is 10.0. The van der Waals surface area contributed by atoms with Crippen molar-refractivity contribution >= 4 is 29.2 Å². The zero-order chi connectivity index (χ0) is 50.2. The molecule has 4 aliphatic rings. The first kappa shape index (κ1) is 48.8. The van der Waals surface area contributed by atoms with Gasteiger partial charge in [0.2, 0.25) is 17.6 Å². The van der Waals surface area contributed by atoms with Crippen LogP contribution in [0.4, 0.5) is 16.0 Å². The number of anilines is 2.